The topological polar surface area (TPSA) is 49.6 Å². The van der Waals surface area contributed by atoms with Gasteiger partial charge in [-0.2, -0.15) is 0 Å². The van der Waals surface area contributed by atoms with Gasteiger partial charge in [-0.05, 0) is 12.8 Å². The van der Waals surface area contributed by atoms with E-state index in [-0.39, 0.29) is 0 Å². The molecule has 3 nitrogen and oxygen atoms in total. The van der Waals surface area contributed by atoms with Crippen molar-refractivity contribution in [1.82, 2.24) is 9.97 Å². The highest BCUT2D eigenvalue weighted by Gasteiger charge is 2.24. The molecule has 0 aromatic carbocycles. The third-order valence-electron chi connectivity index (χ3n) is 1.58. The van der Waals surface area contributed by atoms with Crippen LogP contribution in [0.4, 0.5) is 0 Å². The van der Waals surface area contributed by atoms with E-state index in [0.717, 1.165) is 11.6 Å². The van der Waals surface area contributed by atoms with Crippen LogP contribution in [-0.2, 0) is 0 Å². The Labute approximate surface area is 65.7 Å². The lowest BCUT2D eigenvalue weighted by atomic mass is 10.3. The highest BCUT2D eigenvalue weighted by molar-refractivity contribution is 5.09. The van der Waals surface area contributed by atoms with Crippen molar-refractivity contribution in [2.45, 2.75) is 18.8 Å². The molecule has 1 aliphatic carbocycles. The van der Waals surface area contributed by atoms with Gasteiger partial charge in [-0.25, -0.2) is 5.26 Å². The fourth-order valence-corrected chi connectivity index (χ4v) is 0.901. The molecule has 1 saturated carbocycles. The quantitative estimate of drug-likeness (QED) is 0.604. The fourth-order valence-electron chi connectivity index (χ4n) is 0.901. The maximum absolute atomic E-state index is 6.50. The molecule has 0 bridgehead atoms. The van der Waals surface area contributed by atoms with Gasteiger partial charge in [0.25, 0.3) is 0 Å². The third-order valence-corrected chi connectivity index (χ3v) is 1.58. The highest BCUT2D eigenvalue weighted by atomic mass is 14.8. The van der Waals surface area contributed by atoms with Crippen molar-refractivity contribution in [1.29, 1.82) is 5.26 Å². The van der Waals surface area contributed by atoms with Gasteiger partial charge in [0.1, 0.15) is 0 Å². The fraction of sp³-hybridized carbons (Fsp3) is 0.375. The lowest BCUT2D eigenvalue weighted by Gasteiger charge is -1.90. The van der Waals surface area contributed by atoms with E-state index in [2.05, 4.69) is 16.5 Å². The first-order valence-electron chi connectivity index (χ1n) is 3.48. The van der Waals surface area contributed by atoms with Crippen LogP contribution < -0.4 is 0 Å². The van der Waals surface area contributed by atoms with Crippen LogP contribution in [-0.4, -0.2) is 9.97 Å². The molecular formula is C8H9N3. The molecule has 11 heavy (non-hydrogen) atoms. The molecule has 0 amide bonds. The second-order valence-corrected chi connectivity index (χ2v) is 2.40. The predicted molar refractivity (Wildman–Crippen MR) is 40.7 cm³/mol. The molecule has 0 radical (unpaired) electrons. The van der Waals surface area contributed by atoms with E-state index in [1.165, 1.54) is 12.8 Å². The molecule has 0 N–H and O–H groups in total. The molecule has 1 heterocycles. The van der Waals surface area contributed by atoms with E-state index >= 15 is 0 Å². The van der Waals surface area contributed by atoms with E-state index in [1.54, 1.807) is 12.4 Å². The van der Waals surface area contributed by atoms with Crippen molar-refractivity contribution >= 4 is 0 Å². The maximum atomic E-state index is 6.50. The molecule has 2 rings (SSSR count). The van der Waals surface area contributed by atoms with Gasteiger partial charge >= 0.3 is 0 Å². The SMILES string of the molecule is C#N.c1cnc(C2CC2)cn1. The summed E-state index contributed by atoms with van der Waals surface area (Å²) in [5, 5.41) is 6.50. The van der Waals surface area contributed by atoms with Crippen LogP contribution in [0.3, 0.4) is 0 Å². The molecule has 0 aliphatic heterocycles. The summed E-state index contributed by atoms with van der Waals surface area (Å²) in [5.74, 6) is 0.735. The van der Waals surface area contributed by atoms with Crippen molar-refractivity contribution in [2.24, 2.45) is 0 Å². The number of aromatic nitrogens is 2. The lowest BCUT2D eigenvalue weighted by molar-refractivity contribution is 0.988. The normalized spacial score (nSPS) is 14.7. The zero-order valence-corrected chi connectivity index (χ0v) is 6.14. The van der Waals surface area contributed by atoms with Crippen molar-refractivity contribution in [3.05, 3.63) is 24.3 Å². The van der Waals surface area contributed by atoms with Gasteiger partial charge in [0.15, 0.2) is 0 Å². The minimum atomic E-state index is 0.735. The van der Waals surface area contributed by atoms with Crippen molar-refractivity contribution in [2.75, 3.05) is 0 Å². The summed E-state index contributed by atoms with van der Waals surface area (Å²) in [6.07, 6.45) is 7.94. The van der Waals surface area contributed by atoms with Gasteiger partial charge in [-0.3, -0.25) is 9.97 Å². The number of hydrogen-bond acceptors (Lipinski definition) is 3. The molecule has 1 fully saturated rings. The standard InChI is InChI=1S/C7H8N2.CHN/c1-2-6(1)7-5-8-3-4-9-7;1-2/h3-6H,1-2H2;1H. The summed E-state index contributed by atoms with van der Waals surface area (Å²) in [5.41, 5.74) is 1.16. The monoisotopic (exact) mass is 147 g/mol. The Hall–Kier alpha value is -1.43. The smallest absolute Gasteiger partial charge is 0.0617 e. The van der Waals surface area contributed by atoms with E-state index in [0.29, 0.717) is 0 Å². The average molecular weight is 147 g/mol. The predicted octanol–water partition coefficient (Wildman–Crippen LogP) is 1.49. The van der Waals surface area contributed by atoms with E-state index in [9.17, 15) is 0 Å². The Balaban J connectivity index is 0.000000281. The summed E-state index contributed by atoms with van der Waals surface area (Å²) in [4.78, 5) is 8.16. The summed E-state index contributed by atoms with van der Waals surface area (Å²) < 4.78 is 0. The first-order chi connectivity index (χ1) is 5.47. The summed E-state index contributed by atoms with van der Waals surface area (Å²) in [6, 6.07) is 0. The summed E-state index contributed by atoms with van der Waals surface area (Å²) in [7, 11) is 0. The van der Waals surface area contributed by atoms with Crippen molar-refractivity contribution in [3.8, 4) is 6.57 Å². The number of hydrogen-bond donors (Lipinski definition) is 0. The molecule has 3 heteroatoms. The van der Waals surface area contributed by atoms with Gasteiger partial charge in [-0.15, -0.1) is 0 Å². The van der Waals surface area contributed by atoms with Gasteiger partial charge in [0.2, 0.25) is 0 Å². The van der Waals surface area contributed by atoms with E-state index < -0.39 is 0 Å². The number of nitrogens with zero attached hydrogens (tertiary/aromatic N) is 3. The zero-order chi connectivity index (χ0) is 8.10. The maximum Gasteiger partial charge on any atom is 0.0617 e. The Morgan fingerprint density at radius 3 is 2.55 bits per heavy atom. The summed E-state index contributed by atoms with van der Waals surface area (Å²) in [6.45, 7) is 3.50. The van der Waals surface area contributed by atoms with Gasteiger partial charge in [0, 0.05) is 31.1 Å². The van der Waals surface area contributed by atoms with E-state index in [1.807, 2.05) is 6.20 Å². The number of rotatable bonds is 1. The minimum Gasteiger partial charge on any atom is -0.261 e. The molecule has 0 atom stereocenters. The number of nitriles is 1. The van der Waals surface area contributed by atoms with Crippen LogP contribution in [0, 0.1) is 11.8 Å². The molecule has 1 aliphatic rings. The van der Waals surface area contributed by atoms with Crippen molar-refractivity contribution in [3.63, 3.8) is 0 Å². The summed E-state index contributed by atoms with van der Waals surface area (Å²) >= 11 is 0. The molecule has 0 spiro atoms. The second-order valence-electron chi connectivity index (χ2n) is 2.40. The molecule has 56 valence electrons. The van der Waals surface area contributed by atoms with Gasteiger partial charge in [-0.1, -0.05) is 0 Å². The molecular weight excluding hydrogens is 138 g/mol. The van der Waals surface area contributed by atoms with Gasteiger partial charge < -0.3 is 0 Å². The third kappa shape index (κ3) is 2.01. The Morgan fingerprint density at radius 1 is 1.36 bits per heavy atom. The largest absolute Gasteiger partial charge is 0.261 e. The van der Waals surface area contributed by atoms with Crippen LogP contribution in [0.25, 0.3) is 0 Å². The first kappa shape index (κ1) is 7.67. The Kier molecular flexibility index (Phi) is 2.56. The minimum absolute atomic E-state index is 0.735. The van der Waals surface area contributed by atoms with Gasteiger partial charge in [0.05, 0.1) is 5.69 Å². The zero-order valence-electron chi connectivity index (χ0n) is 6.14. The molecule has 1 aromatic heterocycles. The van der Waals surface area contributed by atoms with Crippen LogP contribution in [0.1, 0.15) is 24.5 Å². The Morgan fingerprint density at radius 2 is 2.09 bits per heavy atom. The molecule has 0 unspecified atom stereocenters. The highest BCUT2D eigenvalue weighted by Crippen LogP contribution is 2.38. The van der Waals surface area contributed by atoms with Crippen LogP contribution >= 0.6 is 0 Å². The average Bonchev–Trinajstić information content (AvgIpc) is 2.92. The molecule has 0 saturated heterocycles. The van der Waals surface area contributed by atoms with Crippen LogP contribution in [0.15, 0.2) is 18.6 Å². The molecule has 1 aromatic rings. The van der Waals surface area contributed by atoms with Crippen LogP contribution in [0.5, 0.6) is 0 Å². The Bertz CT molecular complexity index is 226. The van der Waals surface area contributed by atoms with E-state index in [4.69, 9.17) is 5.26 Å². The van der Waals surface area contributed by atoms with Crippen molar-refractivity contribution < 1.29 is 0 Å². The van der Waals surface area contributed by atoms with Crippen LogP contribution in [0.2, 0.25) is 0 Å². The second kappa shape index (κ2) is 3.67. The first-order valence-corrected chi connectivity index (χ1v) is 3.48. The lowest BCUT2D eigenvalue weighted by Crippen LogP contribution is -1.84.